The second kappa shape index (κ2) is 5.25. The van der Waals surface area contributed by atoms with Crippen LogP contribution in [0.5, 0.6) is 0 Å². The van der Waals surface area contributed by atoms with Crippen LogP contribution in [0.2, 0.25) is 0 Å². The zero-order chi connectivity index (χ0) is 11.4. The zero-order valence-corrected chi connectivity index (χ0v) is 11.9. The molecular formula is C12H10InO3. The summed E-state index contributed by atoms with van der Waals surface area (Å²) in [6.07, 6.45) is 1.80. The first-order valence-electron chi connectivity index (χ1n) is 4.93. The van der Waals surface area contributed by atoms with Gasteiger partial charge in [-0.15, -0.1) is 0 Å². The van der Waals surface area contributed by atoms with Crippen LogP contribution in [0, 0.1) is 0 Å². The van der Waals surface area contributed by atoms with Crippen molar-refractivity contribution in [2.75, 3.05) is 0 Å². The molecule has 0 amide bonds. The molecule has 1 aromatic rings. The van der Waals surface area contributed by atoms with Gasteiger partial charge in [0.25, 0.3) is 0 Å². The SMILES string of the molecule is O=C(O)[C]1=C(OCc2ccccc2)C=[CH][In]1. The fraction of sp³-hybridized carbons (Fsp3) is 0.0833. The van der Waals surface area contributed by atoms with Gasteiger partial charge >= 0.3 is 105 Å². The first kappa shape index (κ1) is 11.3. The molecule has 2 rings (SSSR count). The summed E-state index contributed by atoms with van der Waals surface area (Å²) in [5.74, 6) is -0.271. The van der Waals surface area contributed by atoms with Gasteiger partial charge in [-0.1, -0.05) is 0 Å². The van der Waals surface area contributed by atoms with Crippen molar-refractivity contribution in [2.45, 2.75) is 6.61 Å². The van der Waals surface area contributed by atoms with Crippen molar-refractivity contribution in [1.82, 2.24) is 0 Å². The van der Waals surface area contributed by atoms with Crippen LogP contribution < -0.4 is 0 Å². The van der Waals surface area contributed by atoms with Crippen LogP contribution in [-0.4, -0.2) is 34.0 Å². The van der Waals surface area contributed by atoms with E-state index in [9.17, 15) is 4.79 Å². The molecular weight excluding hydrogens is 307 g/mol. The summed E-state index contributed by atoms with van der Waals surface area (Å²) in [6.45, 7) is 0.430. The molecule has 0 spiro atoms. The average Bonchev–Trinajstić information content (AvgIpc) is 2.76. The van der Waals surface area contributed by atoms with E-state index >= 15 is 0 Å². The van der Waals surface area contributed by atoms with E-state index in [1.807, 2.05) is 34.2 Å². The normalized spacial score (nSPS) is 13.8. The molecule has 16 heavy (non-hydrogen) atoms. The van der Waals surface area contributed by atoms with E-state index in [4.69, 9.17) is 9.84 Å². The van der Waals surface area contributed by atoms with Crippen molar-refractivity contribution in [3.8, 4) is 0 Å². The van der Waals surface area contributed by atoms with Gasteiger partial charge in [-0.25, -0.2) is 0 Å². The molecule has 79 valence electrons. The molecule has 3 nitrogen and oxygen atoms in total. The Kier molecular flexibility index (Phi) is 3.72. The Morgan fingerprint density at radius 3 is 2.75 bits per heavy atom. The predicted octanol–water partition coefficient (Wildman–Crippen LogP) is 1.73. The topological polar surface area (TPSA) is 46.5 Å². The van der Waals surface area contributed by atoms with E-state index in [-0.39, 0.29) is 0 Å². The Bertz CT molecular complexity index is 449. The Labute approximate surface area is 105 Å². The molecule has 1 radical (unpaired) electrons. The molecule has 0 bridgehead atoms. The number of hydrogen-bond acceptors (Lipinski definition) is 2. The van der Waals surface area contributed by atoms with Gasteiger partial charge in [0.1, 0.15) is 0 Å². The van der Waals surface area contributed by atoms with Gasteiger partial charge in [0.15, 0.2) is 0 Å². The van der Waals surface area contributed by atoms with E-state index in [2.05, 4.69) is 0 Å². The molecule has 1 aromatic carbocycles. The van der Waals surface area contributed by atoms with Gasteiger partial charge in [0.05, 0.1) is 0 Å². The molecule has 1 N–H and O–H groups in total. The molecule has 0 unspecified atom stereocenters. The van der Waals surface area contributed by atoms with Gasteiger partial charge < -0.3 is 0 Å². The summed E-state index contributed by atoms with van der Waals surface area (Å²) < 4.78 is 8.03. The number of benzene rings is 1. The van der Waals surface area contributed by atoms with Crippen LogP contribution in [0.4, 0.5) is 0 Å². The summed E-state index contributed by atoms with van der Waals surface area (Å²) in [4.78, 5) is 10.9. The monoisotopic (exact) mass is 317 g/mol. The van der Waals surface area contributed by atoms with E-state index in [1.165, 1.54) is 0 Å². The number of ether oxygens (including phenoxy) is 1. The molecule has 0 atom stereocenters. The Balaban J connectivity index is 2.03. The van der Waals surface area contributed by atoms with Crippen LogP contribution in [0.25, 0.3) is 0 Å². The van der Waals surface area contributed by atoms with Crippen LogP contribution in [0.15, 0.2) is 49.3 Å². The van der Waals surface area contributed by atoms with Crippen molar-refractivity contribution in [3.05, 3.63) is 54.9 Å². The number of aliphatic carboxylic acids is 1. The Morgan fingerprint density at radius 2 is 2.06 bits per heavy atom. The number of carboxylic acid groups (broad SMARTS) is 1. The van der Waals surface area contributed by atoms with E-state index < -0.39 is 28.9 Å². The van der Waals surface area contributed by atoms with Gasteiger partial charge in [-0.3, -0.25) is 0 Å². The molecule has 4 heteroatoms. The van der Waals surface area contributed by atoms with Crippen LogP contribution in [-0.2, 0) is 16.1 Å². The summed E-state index contributed by atoms with van der Waals surface area (Å²) in [5, 5.41) is 8.95. The second-order valence-corrected chi connectivity index (χ2v) is 7.08. The maximum atomic E-state index is 10.9. The minimum atomic E-state index is -1.21. The third kappa shape index (κ3) is 2.70. The van der Waals surface area contributed by atoms with Gasteiger partial charge in [-0.05, 0) is 0 Å². The van der Waals surface area contributed by atoms with Crippen molar-refractivity contribution in [2.24, 2.45) is 0 Å². The zero-order valence-electron chi connectivity index (χ0n) is 8.59. The number of carboxylic acids is 1. The first-order chi connectivity index (χ1) is 7.77. The number of hydrogen-bond donors (Lipinski definition) is 1. The van der Waals surface area contributed by atoms with Gasteiger partial charge in [-0.2, -0.15) is 0 Å². The molecule has 0 aromatic heterocycles. The minimum absolute atomic E-state index is 0.430. The standard InChI is InChI=1S/C12H10O3.In/c1-2-11(8-12(13)14)15-9-10-6-4-3-5-7-10;/h1-7H,9H2,(H,13,14);. The molecule has 1 heterocycles. The maximum absolute atomic E-state index is 10.9. The van der Waals surface area contributed by atoms with Crippen LogP contribution in [0.1, 0.15) is 5.56 Å². The Morgan fingerprint density at radius 1 is 1.31 bits per heavy atom. The molecule has 1 aliphatic heterocycles. The van der Waals surface area contributed by atoms with E-state index in [0.29, 0.717) is 15.7 Å². The van der Waals surface area contributed by atoms with Crippen molar-refractivity contribution >= 4 is 28.9 Å². The van der Waals surface area contributed by atoms with Crippen molar-refractivity contribution in [3.63, 3.8) is 0 Å². The fourth-order valence-corrected chi connectivity index (χ4v) is 4.15. The molecule has 0 aliphatic carbocycles. The van der Waals surface area contributed by atoms with Crippen molar-refractivity contribution in [1.29, 1.82) is 0 Å². The number of carbonyl (C=O) groups is 1. The van der Waals surface area contributed by atoms with E-state index in [0.717, 1.165) is 5.56 Å². The predicted molar refractivity (Wildman–Crippen MR) is 60.8 cm³/mol. The van der Waals surface area contributed by atoms with Crippen molar-refractivity contribution < 1.29 is 14.6 Å². The third-order valence-electron chi connectivity index (χ3n) is 2.24. The fourth-order valence-electron chi connectivity index (χ4n) is 1.44. The van der Waals surface area contributed by atoms with E-state index in [1.54, 1.807) is 6.08 Å². The van der Waals surface area contributed by atoms with Gasteiger partial charge in [0.2, 0.25) is 0 Å². The quantitative estimate of drug-likeness (QED) is 0.920. The molecule has 0 fully saturated rings. The molecule has 0 saturated carbocycles. The summed E-state index contributed by atoms with van der Waals surface area (Å²) in [6, 6.07) is 9.74. The summed E-state index contributed by atoms with van der Waals surface area (Å²) >= 11 is -1.21. The van der Waals surface area contributed by atoms with Crippen LogP contribution >= 0.6 is 0 Å². The van der Waals surface area contributed by atoms with Crippen LogP contribution in [0.3, 0.4) is 0 Å². The summed E-state index contributed by atoms with van der Waals surface area (Å²) in [7, 11) is 0. The third-order valence-corrected chi connectivity index (χ3v) is 5.81. The number of rotatable bonds is 4. The van der Waals surface area contributed by atoms with Gasteiger partial charge in [0, 0.05) is 0 Å². The number of allylic oxidation sites excluding steroid dienone is 1. The Hall–Kier alpha value is -1.16. The first-order valence-corrected chi connectivity index (χ1v) is 8.48. The second-order valence-electron chi connectivity index (χ2n) is 3.38. The molecule has 0 saturated heterocycles. The average molecular weight is 317 g/mol. The molecule has 1 aliphatic rings. The summed E-state index contributed by atoms with van der Waals surface area (Å²) in [5.41, 5.74) is 1.05.